The van der Waals surface area contributed by atoms with E-state index >= 15 is 0 Å². The maximum absolute atomic E-state index is 11.4. The molecule has 0 aliphatic rings. The zero-order valence-electron chi connectivity index (χ0n) is 11.7. The number of anilines is 1. The summed E-state index contributed by atoms with van der Waals surface area (Å²) in [5.74, 6) is -0.742. The van der Waals surface area contributed by atoms with Gasteiger partial charge in [-0.2, -0.15) is 0 Å². The zero-order chi connectivity index (χ0) is 13.7. The molecule has 3 nitrogen and oxygen atoms in total. The molecule has 0 aliphatic heterocycles. The van der Waals surface area contributed by atoms with Crippen molar-refractivity contribution in [2.24, 2.45) is 0 Å². The van der Waals surface area contributed by atoms with Gasteiger partial charge in [0, 0.05) is 12.2 Å². The Morgan fingerprint density at radius 3 is 2.22 bits per heavy atom. The Morgan fingerprint density at radius 1 is 1.28 bits per heavy atom. The molecule has 0 saturated heterocycles. The van der Waals surface area contributed by atoms with Crippen LogP contribution in [0, 0.1) is 13.8 Å². The first-order valence-corrected chi connectivity index (χ1v) is 6.58. The van der Waals surface area contributed by atoms with Crippen LogP contribution < -0.4 is 4.90 Å². The van der Waals surface area contributed by atoms with Crippen LogP contribution in [0.3, 0.4) is 0 Å². The molecule has 1 N–H and O–H groups in total. The number of carboxylic acids is 1. The van der Waals surface area contributed by atoms with Crippen LogP contribution in [-0.4, -0.2) is 23.7 Å². The molecule has 1 atom stereocenters. The predicted octanol–water partition coefficient (Wildman–Crippen LogP) is 3.38. The van der Waals surface area contributed by atoms with Crippen molar-refractivity contribution in [3.05, 3.63) is 29.3 Å². The number of rotatable bonds is 6. The topological polar surface area (TPSA) is 40.5 Å². The molecule has 0 heterocycles. The van der Waals surface area contributed by atoms with Gasteiger partial charge in [0.1, 0.15) is 6.04 Å². The summed E-state index contributed by atoms with van der Waals surface area (Å²) in [6, 6.07) is 5.66. The second kappa shape index (κ2) is 6.43. The molecule has 0 bridgehead atoms. The Morgan fingerprint density at radius 2 is 1.83 bits per heavy atom. The molecule has 1 rings (SSSR count). The van der Waals surface area contributed by atoms with E-state index in [4.69, 9.17) is 0 Å². The standard InChI is InChI=1S/C15H23NO2/c1-5-10-16(13(6-2)15(17)18)14-11(3)8-7-9-12(14)4/h7-9,13H,5-6,10H2,1-4H3,(H,17,18). The highest BCUT2D eigenvalue weighted by Gasteiger charge is 2.25. The van der Waals surface area contributed by atoms with Gasteiger partial charge in [0.05, 0.1) is 0 Å². The lowest BCUT2D eigenvalue weighted by Gasteiger charge is -2.32. The van der Waals surface area contributed by atoms with E-state index in [-0.39, 0.29) is 0 Å². The average molecular weight is 249 g/mol. The summed E-state index contributed by atoms with van der Waals surface area (Å²) in [5.41, 5.74) is 3.36. The van der Waals surface area contributed by atoms with Crippen LogP contribution in [0.5, 0.6) is 0 Å². The molecule has 1 unspecified atom stereocenters. The quantitative estimate of drug-likeness (QED) is 0.840. The SMILES string of the molecule is CCCN(c1c(C)cccc1C)C(CC)C(=O)O. The van der Waals surface area contributed by atoms with Gasteiger partial charge in [-0.05, 0) is 37.8 Å². The third kappa shape index (κ3) is 3.03. The van der Waals surface area contributed by atoms with Crippen molar-refractivity contribution in [3.8, 4) is 0 Å². The van der Waals surface area contributed by atoms with E-state index in [9.17, 15) is 9.90 Å². The largest absolute Gasteiger partial charge is 0.480 e. The van der Waals surface area contributed by atoms with Gasteiger partial charge in [0.15, 0.2) is 0 Å². The second-order valence-electron chi connectivity index (χ2n) is 4.70. The first kappa shape index (κ1) is 14.6. The number of carbonyl (C=O) groups is 1. The van der Waals surface area contributed by atoms with E-state index in [1.165, 1.54) is 0 Å². The van der Waals surface area contributed by atoms with Crippen LogP contribution in [0.1, 0.15) is 37.8 Å². The van der Waals surface area contributed by atoms with Gasteiger partial charge >= 0.3 is 5.97 Å². The third-order valence-corrected chi connectivity index (χ3v) is 3.24. The van der Waals surface area contributed by atoms with E-state index in [1.54, 1.807) is 0 Å². The lowest BCUT2D eigenvalue weighted by atomic mass is 10.0. The van der Waals surface area contributed by atoms with E-state index in [2.05, 4.69) is 6.92 Å². The Bertz CT molecular complexity index is 395. The molecular weight excluding hydrogens is 226 g/mol. The fourth-order valence-corrected chi connectivity index (χ4v) is 2.45. The van der Waals surface area contributed by atoms with Crippen LogP contribution in [0.2, 0.25) is 0 Å². The van der Waals surface area contributed by atoms with Crippen LogP contribution in [0.4, 0.5) is 5.69 Å². The lowest BCUT2D eigenvalue weighted by Crippen LogP contribution is -2.42. The Balaban J connectivity index is 3.22. The maximum atomic E-state index is 11.4. The third-order valence-electron chi connectivity index (χ3n) is 3.24. The first-order chi connectivity index (χ1) is 8.52. The van der Waals surface area contributed by atoms with Crippen molar-refractivity contribution in [2.45, 2.75) is 46.6 Å². The number of aliphatic carboxylic acids is 1. The smallest absolute Gasteiger partial charge is 0.326 e. The summed E-state index contributed by atoms with van der Waals surface area (Å²) in [4.78, 5) is 13.4. The number of hydrogen-bond donors (Lipinski definition) is 1. The molecule has 0 aromatic heterocycles. The van der Waals surface area contributed by atoms with Crippen LogP contribution in [0.25, 0.3) is 0 Å². The summed E-state index contributed by atoms with van der Waals surface area (Å²) in [5, 5.41) is 9.37. The molecule has 0 fully saturated rings. The highest BCUT2D eigenvalue weighted by Crippen LogP contribution is 2.27. The van der Waals surface area contributed by atoms with Crippen LogP contribution in [0.15, 0.2) is 18.2 Å². The van der Waals surface area contributed by atoms with Crippen LogP contribution >= 0.6 is 0 Å². The average Bonchev–Trinajstić information content (AvgIpc) is 2.29. The highest BCUT2D eigenvalue weighted by molar-refractivity contribution is 5.79. The molecule has 1 aromatic rings. The number of hydrogen-bond acceptors (Lipinski definition) is 2. The monoisotopic (exact) mass is 249 g/mol. The number of benzene rings is 1. The van der Waals surface area contributed by atoms with E-state index < -0.39 is 12.0 Å². The molecule has 0 saturated carbocycles. The molecule has 0 amide bonds. The van der Waals surface area contributed by atoms with Gasteiger partial charge in [0.2, 0.25) is 0 Å². The van der Waals surface area contributed by atoms with Crippen LogP contribution in [-0.2, 0) is 4.79 Å². The number of para-hydroxylation sites is 1. The fourth-order valence-electron chi connectivity index (χ4n) is 2.45. The van der Waals surface area contributed by atoms with Crippen molar-refractivity contribution >= 4 is 11.7 Å². The molecule has 0 radical (unpaired) electrons. The van der Waals surface area contributed by atoms with Gasteiger partial charge in [0.25, 0.3) is 0 Å². The normalized spacial score (nSPS) is 12.2. The van der Waals surface area contributed by atoms with Gasteiger partial charge < -0.3 is 10.0 Å². The van der Waals surface area contributed by atoms with E-state index in [0.717, 1.165) is 29.8 Å². The number of carboxylic acid groups (broad SMARTS) is 1. The molecule has 100 valence electrons. The highest BCUT2D eigenvalue weighted by atomic mass is 16.4. The fraction of sp³-hybridized carbons (Fsp3) is 0.533. The summed E-state index contributed by atoms with van der Waals surface area (Å²) in [6.45, 7) is 8.86. The molecule has 0 aliphatic carbocycles. The zero-order valence-corrected chi connectivity index (χ0v) is 11.7. The summed E-state index contributed by atoms with van der Waals surface area (Å²) in [6.07, 6.45) is 1.56. The van der Waals surface area contributed by atoms with Gasteiger partial charge in [-0.25, -0.2) is 4.79 Å². The maximum Gasteiger partial charge on any atom is 0.326 e. The molecular formula is C15H23NO2. The molecule has 0 spiro atoms. The van der Waals surface area contributed by atoms with Gasteiger partial charge in [-0.1, -0.05) is 32.0 Å². The van der Waals surface area contributed by atoms with E-state index in [1.807, 2.05) is 43.9 Å². The first-order valence-electron chi connectivity index (χ1n) is 6.58. The predicted molar refractivity (Wildman–Crippen MR) is 75.3 cm³/mol. The molecule has 3 heteroatoms. The minimum absolute atomic E-state index is 0.440. The van der Waals surface area contributed by atoms with Crippen molar-refractivity contribution in [2.75, 3.05) is 11.4 Å². The lowest BCUT2D eigenvalue weighted by molar-refractivity contribution is -0.138. The van der Waals surface area contributed by atoms with E-state index in [0.29, 0.717) is 6.42 Å². The van der Waals surface area contributed by atoms with Crippen molar-refractivity contribution in [1.82, 2.24) is 0 Å². The number of aryl methyl sites for hydroxylation is 2. The molecule has 1 aromatic carbocycles. The summed E-state index contributed by atoms with van der Waals surface area (Å²) >= 11 is 0. The number of nitrogens with zero attached hydrogens (tertiary/aromatic N) is 1. The Hall–Kier alpha value is -1.51. The minimum Gasteiger partial charge on any atom is -0.480 e. The van der Waals surface area contributed by atoms with Crippen molar-refractivity contribution in [3.63, 3.8) is 0 Å². The van der Waals surface area contributed by atoms with Gasteiger partial charge in [-0.3, -0.25) is 0 Å². The Kier molecular flexibility index (Phi) is 5.20. The summed E-state index contributed by atoms with van der Waals surface area (Å²) < 4.78 is 0. The van der Waals surface area contributed by atoms with Crippen molar-refractivity contribution in [1.29, 1.82) is 0 Å². The minimum atomic E-state index is -0.742. The molecule has 18 heavy (non-hydrogen) atoms. The Labute approximate surface area is 109 Å². The van der Waals surface area contributed by atoms with Crippen molar-refractivity contribution < 1.29 is 9.90 Å². The summed E-state index contributed by atoms with van der Waals surface area (Å²) in [7, 11) is 0. The van der Waals surface area contributed by atoms with Gasteiger partial charge in [-0.15, -0.1) is 0 Å². The second-order valence-corrected chi connectivity index (χ2v) is 4.70.